The van der Waals surface area contributed by atoms with Gasteiger partial charge >= 0.3 is 6.03 Å². The van der Waals surface area contributed by atoms with E-state index in [1.807, 2.05) is 79.2 Å². The van der Waals surface area contributed by atoms with Crippen LogP contribution in [0.3, 0.4) is 0 Å². The molecule has 0 heterocycles. The molecule has 0 saturated heterocycles. The number of benzene rings is 3. The van der Waals surface area contributed by atoms with Gasteiger partial charge in [0, 0.05) is 18.2 Å². The van der Waals surface area contributed by atoms with Crippen molar-refractivity contribution in [3.63, 3.8) is 0 Å². The molecule has 34 heavy (non-hydrogen) atoms. The van der Waals surface area contributed by atoms with Crippen LogP contribution in [0.4, 0.5) is 10.5 Å². The third kappa shape index (κ3) is 6.23. The zero-order chi connectivity index (χ0) is 24.7. The minimum atomic E-state index is -4.11. The lowest BCUT2D eigenvalue weighted by Gasteiger charge is -2.31. The second-order valence-electron chi connectivity index (χ2n) is 8.22. The van der Waals surface area contributed by atoms with Gasteiger partial charge in [0.1, 0.15) is 6.04 Å². The molecule has 3 aromatic carbocycles. The van der Waals surface area contributed by atoms with Gasteiger partial charge in [-0.3, -0.25) is 4.79 Å². The predicted molar refractivity (Wildman–Crippen MR) is 133 cm³/mol. The van der Waals surface area contributed by atoms with Gasteiger partial charge in [-0.1, -0.05) is 66.7 Å². The fourth-order valence-corrected chi connectivity index (χ4v) is 4.87. The molecule has 0 unspecified atom stereocenters. The van der Waals surface area contributed by atoms with Gasteiger partial charge < -0.3 is 10.2 Å². The first-order valence-electron chi connectivity index (χ1n) is 11.0. The van der Waals surface area contributed by atoms with Crippen molar-refractivity contribution in [3.05, 3.63) is 96.1 Å². The number of carbonyl (C=O) groups is 2. The average Bonchev–Trinajstić information content (AvgIpc) is 2.79. The van der Waals surface area contributed by atoms with Crippen molar-refractivity contribution in [2.45, 2.75) is 44.2 Å². The number of para-hydroxylation sites is 1. The molecule has 0 aliphatic rings. The number of amides is 3. The third-order valence-electron chi connectivity index (χ3n) is 5.28. The van der Waals surface area contributed by atoms with Gasteiger partial charge in [-0.15, -0.1) is 0 Å². The molecule has 0 radical (unpaired) electrons. The zero-order valence-corrected chi connectivity index (χ0v) is 20.2. The highest BCUT2D eigenvalue weighted by Crippen LogP contribution is 2.19. The molecule has 0 aromatic heterocycles. The minimum absolute atomic E-state index is 0.00387. The van der Waals surface area contributed by atoms with Crippen LogP contribution in [0.25, 0.3) is 0 Å². The minimum Gasteiger partial charge on any atom is -0.325 e. The van der Waals surface area contributed by atoms with E-state index < -0.39 is 22.1 Å². The zero-order valence-electron chi connectivity index (χ0n) is 19.4. The van der Waals surface area contributed by atoms with Crippen molar-refractivity contribution in [2.75, 3.05) is 4.90 Å². The molecule has 0 fully saturated rings. The van der Waals surface area contributed by atoms with Crippen LogP contribution in [0.1, 0.15) is 25.0 Å². The highest BCUT2D eigenvalue weighted by molar-refractivity contribution is 7.90. The lowest BCUT2D eigenvalue weighted by atomic mass is 10.0. The summed E-state index contributed by atoms with van der Waals surface area (Å²) in [7, 11) is -4.11. The molecule has 178 valence electrons. The van der Waals surface area contributed by atoms with Gasteiger partial charge in [-0.25, -0.2) is 17.9 Å². The van der Waals surface area contributed by atoms with E-state index in [1.165, 1.54) is 6.07 Å². The monoisotopic (exact) mass is 479 g/mol. The Morgan fingerprint density at radius 2 is 1.41 bits per heavy atom. The number of rotatable bonds is 8. The Kier molecular flexibility index (Phi) is 8.07. The van der Waals surface area contributed by atoms with E-state index in [2.05, 4.69) is 5.32 Å². The van der Waals surface area contributed by atoms with Crippen LogP contribution in [-0.4, -0.2) is 32.4 Å². The largest absolute Gasteiger partial charge is 0.329 e. The number of sulfonamides is 1. The number of aryl methyl sites for hydroxylation is 1. The van der Waals surface area contributed by atoms with Crippen LogP contribution in [0.15, 0.2) is 89.8 Å². The van der Waals surface area contributed by atoms with Gasteiger partial charge in [0.25, 0.3) is 10.0 Å². The first-order valence-corrected chi connectivity index (χ1v) is 12.5. The summed E-state index contributed by atoms with van der Waals surface area (Å²) in [5.74, 6) is -0.339. The Balaban J connectivity index is 1.87. The van der Waals surface area contributed by atoms with E-state index in [9.17, 15) is 18.0 Å². The Morgan fingerprint density at radius 3 is 2.00 bits per heavy atom. The summed E-state index contributed by atoms with van der Waals surface area (Å²) in [5.41, 5.74) is 2.03. The van der Waals surface area contributed by atoms with E-state index >= 15 is 0 Å². The van der Waals surface area contributed by atoms with Crippen LogP contribution in [0.2, 0.25) is 0 Å². The van der Waals surface area contributed by atoms with E-state index in [-0.39, 0.29) is 23.3 Å². The normalized spacial score (nSPS) is 12.1. The maximum atomic E-state index is 13.6. The summed E-state index contributed by atoms with van der Waals surface area (Å²) in [6.45, 7) is 5.41. The molecule has 3 aromatic rings. The summed E-state index contributed by atoms with van der Waals surface area (Å²) in [5, 5.41) is 2.60. The lowest BCUT2D eigenvalue weighted by molar-refractivity contribution is -0.120. The summed E-state index contributed by atoms with van der Waals surface area (Å²) >= 11 is 0. The lowest BCUT2D eigenvalue weighted by Crippen LogP contribution is -2.54. The molecule has 0 saturated carbocycles. The Labute approximate surface area is 200 Å². The van der Waals surface area contributed by atoms with E-state index in [0.29, 0.717) is 11.3 Å². The standard InChI is InChI=1S/C26H29N3O4S/c1-19(2)29(22-15-8-5-9-16-22)25(30)23(18-21-13-6-4-7-14-21)27-26(31)28-34(32,33)24-17-11-10-12-20(24)3/h4-17,19,23H,18H2,1-3H3,(H2,27,28,31)/t23-/m0/s1. The molecule has 8 heteroatoms. The molecule has 3 rings (SSSR count). The van der Waals surface area contributed by atoms with Crippen molar-refractivity contribution in [2.24, 2.45) is 0 Å². The number of hydrogen-bond acceptors (Lipinski definition) is 4. The summed E-state index contributed by atoms with van der Waals surface area (Å²) in [4.78, 5) is 28.1. The van der Waals surface area contributed by atoms with Gasteiger partial charge in [0.05, 0.1) is 4.90 Å². The number of anilines is 1. The van der Waals surface area contributed by atoms with Crippen LogP contribution in [0.5, 0.6) is 0 Å². The Morgan fingerprint density at radius 1 is 0.853 bits per heavy atom. The van der Waals surface area contributed by atoms with Crippen molar-refractivity contribution < 1.29 is 18.0 Å². The maximum absolute atomic E-state index is 13.6. The van der Waals surface area contributed by atoms with Crippen molar-refractivity contribution in [3.8, 4) is 0 Å². The van der Waals surface area contributed by atoms with Crippen molar-refractivity contribution in [1.82, 2.24) is 10.0 Å². The molecule has 0 bridgehead atoms. The van der Waals surface area contributed by atoms with Crippen LogP contribution < -0.4 is 14.9 Å². The van der Waals surface area contributed by atoms with Gasteiger partial charge in [-0.05, 0) is 50.1 Å². The van der Waals surface area contributed by atoms with E-state index in [0.717, 1.165) is 5.56 Å². The van der Waals surface area contributed by atoms with Crippen LogP contribution in [-0.2, 0) is 21.2 Å². The first-order chi connectivity index (χ1) is 16.2. The topological polar surface area (TPSA) is 95.6 Å². The number of carbonyl (C=O) groups excluding carboxylic acids is 2. The molecular formula is C26H29N3O4S. The molecule has 0 aliphatic heterocycles. The highest BCUT2D eigenvalue weighted by atomic mass is 32.2. The van der Waals surface area contributed by atoms with Crippen LogP contribution >= 0.6 is 0 Å². The van der Waals surface area contributed by atoms with Crippen LogP contribution in [0, 0.1) is 6.92 Å². The summed E-state index contributed by atoms with van der Waals surface area (Å²) in [6.07, 6.45) is 0.202. The molecule has 7 nitrogen and oxygen atoms in total. The SMILES string of the molecule is Cc1ccccc1S(=O)(=O)NC(=O)N[C@@H](Cc1ccccc1)C(=O)N(c1ccccc1)C(C)C. The van der Waals surface area contributed by atoms with E-state index in [4.69, 9.17) is 0 Å². The number of nitrogens with zero attached hydrogens (tertiary/aromatic N) is 1. The fraction of sp³-hybridized carbons (Fsp3) is 0.231. The maximum Gasteiger partial charge on any atom is 0.329 e. The first kappa shape index (κ1) is 25.0. The number of hydrogen-bond donors (Lipinski definition) is 2. The van der Waals surface area contributed by atoms with Gasteiger partial charge in [-0.2, -0.15) is 0 Å². The van der Waals surface area contributed by atoms with Gasteiger partial charge in [0.2, 0.25) is 5.91 Å². The van der Waals surface area contributed by atoms with Crippen molar-refractivity contribution in [1.29, 1.82) is 0 Å². The molecule has 0 aliphatic carbocycles. The molecular weight excluding hydrogens is 450 g/mol. The smallest absolute Gasteiger partial charge is 0.325 e. The number of nitrogens with one attached hydrogen (secondary N) is 2. The quantitative estimate of drug-likeness (QED) is 0.510. The van der Waals surface area contributed by atoms with E-state index in [1.54, 1.807) is 30.0 Å². The Bertz CT molecular complexity index is 1230. The summed E-state index contributed by atoms with van der Waals surface area (Å²) in [6, 6.07) is 22.7. The number of urea groups is 1. The van der Waals surface area contributed by atoms with Gasteiger partial charge in [0.15, 0.2) is 0 Å². The van der Waals surface area contributed by atoms with Crippen molar-refractivity contribution >= 4 is 27.6 Å². The molecule has 1 atom stereocenters. The predicted octanol–water partition coefficient (Wildman–Crippen LogP) is 4.04. The highest BCUT2D eigenvalue weighted by Gasteiger charge is 2.30. The third-order valence-corrected chi connectivity index (χ3v) is 6.78. The Hall–Kier alpha value is -3.65. The second kappa shape index (κ2) is 11.0. The molecule has 3 amide bonds. The summed E-state index contributed by atoms with van der Waals surface area (Å²) < 4.78 is 27.6. The fourth-order valence-electron chi connectivity index (χ4n) is 3.71. The molecule has 2 N–H and O–H groups in total. The molecule has 0 spiro atoms. The second-order valence-corrected chi connectivity index (χ2v) is 9.88. The average molecular weight is 480 g/mol.